The zero-order valence-corrected chi connectivity index (χ0v) is 7.77. The monoisotopic (exact) mass is 193 g/mol. The van der Waals surface area contributed by atoms with E-state index in [2.05, 4.69) is 10.1 Å². The van der Waals surface area contributed by atoms with E-state index in [-0.39, 0.29) is 0 Å². The molecule has 1 atom stereocenters. The molecular formula is C10H11NO3. The van der Waals surface area contributed by atoms with Gasteiger partial charge in [0.2, 0.25) is 0 Å². The van der Waals surface area contributed by atoms with Crippen molar-refractivity contribution in [2.75, 3.05) is 7.11 Å². The molecule has 0 saturated carbocycles. The highest BCUT2D eigenvalue weighted by molar-refractivity contribution is 5.74. The summed E-state index contributed by atoms with van der Waals surface area (Å²) < 4.78 is 4.40. The average Bonchev–Trinajstić information content (AvgIpc) is 2.26. The number of amides is 1. The number of alkyl carbamates (subject to hydrolysis) is 1. The molecule has 1 amide bonds. The van der Waals surface area contributed by atoms with Crippen molar-refractivity contribution in [1.82, 2.24) is 5.32 Å². The van der Waals surface area contributed by atoms with E-state index in [4.69, 9.17) is 0 Å². The Bertz CT molecular complexity index is 310. The molecule has 1 aromatic carbocycles. The summed E-state index contributed by atoms with van der Waals surface area (Å²) in [5.74, 6) is 0. The molecule has 0 heterocycles. The zero-order valence-electron chi connectivity index (χ0n) is 7.77. The van der Waals surface area contributed by atoms with Crippen LogP contribution >= 0.6 is 0 Å². The second kappa shape index (κ2) is 5.01. The number of hydrogen-bond acceptors (Lipinski definition) is 3. The molecule has 0 spiro atoms. The van der Waals surface area contributed by atoms with Gasteiger partial charge in [-0.1, -0.05) is 30.3 Å². The minimum absolute atomic E-state index is 0.619. The second-order valence-corrected chi connectivity index (χ2v) is 2.66. The highest BCUT2D eigenvalue weighted by atomic mass is 16.5. The molecule has 4 nitrogen and oxygen atoms in total. The Morgan fingerprint density at radius 3 is 2.57 bits per heavy atom. The number of rotatable bonds is 3. The second-order valence-electron chi connectivity index (χ2n) is 2.66. The van der Waals surface area contributed by atoms with E-state index in [1.54, 1.807) is 24.3 Å². The largest absolute Gasteiger partial charge is 0.453 e. The minimum Gasteiger partial charge on any atom is -0.453 e. The number of aldehydes is 1. The number of benzene rings is 1. The van der Waals surface area contributed by atoms with E-state index < -0.39 is 12.1 Å². The number of methoxy groups -OCH3 is 1. The van der Waals surface area contributed by atoms with E-state index in [0.29, 0.717) is 6.29 Å². The summed E-state index contributed by atoms with van der Waals surface area (Å²) in [4.78, 5) is 21.5. The molecule has 1 rings (SSSR count). The lowest BCUT2D eigenvalue weighted by Crippen LogP contribution is -2.29. The summed E-state index contributed by atoms with van der Waals surface area (Å²) in [6.07, 6.45) is 0.0395. The molecule has 0 bridgehead atoms. The molecule has 1 aromatic rings. The van der Waals surface area contributed by atoms with Crippen molar-refractivity contribution in [2.24, 2.45) is 0 Å². The van der Waals surface area contributed by atoms with E-state index in [1.807, 2.05) is 6.07 Å². The number of nitrogens with one attached hydrogen (secondary N) is 1. The molecule has 0 aliphatic heterocycles. The Labute approximate surface area is 81.9 Å². The van der Waals surface area contributed by atoms with Crippen molar-refractivity contribution >= 4 is 12.4 Å². The SMILES string of the molecule is COC(=O)N[C@H](C=O)c1ccccc1. The summed E-state index contributed by atoms with van der Waals surface area (Å²) in [5, 5.41) is 2.40. The molecular weight excluding hydrogens is 182 g/mol. The molecule has 0 aromatic heterocycles. The van der Waals surface area contributed by atoms with Crippen molar-refractivity contribution in [3.63, 3.8) is 0 Å². The van der Waals surface area contributed by atoms with Gasteiger partial charge in [0.1, 0.15) is 12.3 Å². The first-order valence-corrected chi connectivity index (χ1v) is 4.12. The summed E-state index contributed by atoms with van der Waals surface area (Å²) in [6, 6.07) is 8.30. The van der Waals surface area contributed by atoms with Crippen molar-refractivity contribution in [1.29, 1.82) is 0 Å². The fourth-order valence-electron chi connectivity index (χ4n) is 1.04. The minimum atomic E-state index is -0.649. The van der Waals surface area contributed by atoms with Crippen LogP contribution in [0.25, 0.3) is 0 Å². The average molecular weight is 193 g/mol. The Morgan fingerprint density at radius 2 is 2.07 bits per heavy atom. The number of ether oxygens (including phenoxy) is 1. The quantitative estimate of drug-likeness (QED) is 0.736. The van der Waals surface area contributed by atoms with Crippen LogP contribution < -0.4 is 5.32 Å². The van der Waals surface area contributed by atoms with Crippen LogP contribution in [0.1, 0.15) is 11.6 Å². The van der Waals surface area contributed by atoms with Crippen LogP contribution in [-0.4, -0.2) is 19.5 Å². The standard InChI is InChI=1S/C10H11NO3/c1-14-10(13)11-9(7-12)8-5-3-2-4-6-8/h2-7,9H,1H3,(H,11,13)/t9-/m1/s1. The maximum atomic E-state index is 10.9. The molecule has 0 fully saturated rings. The van der Waals surface area contributed by atoms with Gasteiger partial charge in [-0.3, -0.25) is 0 Å². The number of carbonyl (C=O) groups is 2. The maximum absolute atomic E-state index is 10.9. The van der Waals surface area contributed by atoms with Gasteiger partial charge in [-0.25, -0.2) is 4.79 Å². The van der Waals surface area contributed by atoms with Crippen LogP contribution in [0.3, 0.4) is 0 Å². The van der Waals surface area contributed by atoms with Crippen LogP contribution in [0.4, 0.5) is 4.79 Å². The fourth-order valence-corrected chi connectivity index (χ4v) is 1.04. The van der Waals surface area contributed by atoms with Crippen LogP contribution in [0.5, 0.6) is 0 Å². The Hall–Kier alpha value is -1.84. The van der Waals surface area contributed by atoms with Crippen LogP contribution in [0, 0.1) is 0 Å². The molecule has 4 heteroatoms. The Balaban J connectivity index is 2.73. The highest BCUT2D eigenvalue weighted by Gasteiger charge is 2.12. The first-order valence-electron chi connectivity index (χ1n) is 4.12. The van der Waals surface area contributed by atoms with E-state index >= 15 is 0 Å². The van der Waals surface area contributed by atoms with Gasteiger partial charge in [-0.05, 0) is 5.56 Å². The van der Waals surface area contributed by atoms with Crippen LogP contribution in [0.15, 0.2) is 30.3 Å². The van der Waals surface area contributed by atoms with Crippen LogP contribution in [0.2, 0.25) is 0 Å². The van der Waals surface area contributed by atoms with Gasteiger partial charge in [0.25, 0.3) is 0 Å². The Kier molecular flexibility index (Phi) is 3.67. The summed E-state index contributed by atoms with van der Waals surface area (Å²) in [6.45, 7) is 0. The third-order valence-electron chi connectivity index (χ3n) is 1.75. The van der Waals surface area contributed by atoms with E-state index in [9.17, 15) is 9.59 Å². The van der Waals surface area contributed by atoms with Gasteiger partial charge in [-0.15, -0.1) is 0 Å². The third kappa shape index (κ3) is 2.58. The van der Waals surface area contributed by atoms with Crippen molar-refractivity contribution in [3.8, 4) is 0 Å². The van der Waals surface area contributed by atoms with Gasteiger partial charge >= 0.3 is 6.09 Å². The molecule has 14 heavy (non-hydrogen) atoms. The van der Waals surface area contributed by atoms with Crippen molar-refractivity contribution in [3.05, 3.63) is 35.9 Å². The predicted molar refractivity (Wildman–Crippen MR) is 50.8 cm³/mol. The summed E-state index contributed by atoms with van der Waals surface area (Å²) in [7, 11) is 1.25. The van der Waals surface area contributed by atoms with Gasteiger partial charge in [-0.2, -0.15) is 0 Å². The van der Waals surface area contributed by atoms with E-state index in [1.165, 1.54) is 7.11 Å². The van der Waals surface area contributed by atoms with Crippen LogP contribution in [-0.2, 0) is 9.53 Å². The molecule has 1 N–H and O–H groups in total. The smallest absolute Gasteiger partial charge is 0.407 e. The fraction of sp³-hybridized carbons (Fsp3) is 0.200. The predicted octanol–water partition coefficient (Wildman–Crippen LogP) is 1.28. The van der Waals surface area contributed by atoms with Gasteiger partial charge in [0, 0.05) is 0 Å². The normalized spacial score (nSPS) is 11.5. The van der Waals surface area contributed by atoms with Crippen molar-refractivity contribution < 1.29 is 14.3 Å². The molecule has 0 saturated heterocycles. The maximum Gasteiger partial charge on any atom is 0.407 e. The molecule has 0 unspecified atom stereocenters. The molecule has 0 radical (unpaired) electrons. The molecule has 0 aliphatic rings. The summed E-state index contributed by atoms with van der Waals surface area (Å²) in [5.41, 5.74) is 0.730. The summed E-state index contributed by atoms with van der Waals surface area (Å²) >= 11 is 0. The topological polar surface area (TPSA) is 55.4 Å². The first-order chi connectivity index (χ1) is 6.77. The lowest BCUT2D eigenvalue weighted by molar-refractivity contribution is -0.109. The lowest BCUT2D eigenvalue weighted by Gasteiger charge is -2.11. The number of hydrogen-bond donors (Lipinski definition) is 1. The highest BCUT2D eigenvalue weighted by Crippen LogP contribution is 2.09. The Morgan fingerprint density at radius 1 is 1.43 bits per heavy atom. The molecule has 0 aliphatic carbocycles. The van der Waals surface area contributed by atoms with Gasteiger partial charge < -0.3 is 14.8 Å². The van der Waals surface area contributed by atoms with Gasteiger partial charge in [0.05, 0.1) is 7.11 Å². The third-order valence-corrected chi connectivity index (χ3v) is 1.75. The molecule has 74 valence electrons. The lowest BCUT2D eigenvalue weighted by atomic mass is 10.1. The zero-order chi connectivity index (χ0) is 10.4. The van der Waals surface area contributed by atoms with E-state index in [0.717, 1.165) is 5.56 Å². The van der Waals surface area contributed by atoms with Crippen molar-refractivity contribution in [2.45, 2.75) is 6.04 Å². The number of carbonyl (C=O) groups excluding carboxylic acids is 2. The first kappa shape index (κ1) is 10.2. The van der Waals surface area contributed by atoms with Gasteiger partial charge in [0.15, 0.2) is 0 Å².